The highest BCUT2D eigenvalue weighted by atomic mass is 16.7. The monoisotopic (exact) mass is 180 g/mol. The van der Waals surface area contributed by atoms with E-state index in [1.165, 1.54) is 0 Å². The molecule has 2 nitrogen and oxygen atoms in total. The number of hydrogen-bond donors (Lipinski definition) is 0. The fraction of sp³-hybridized carbons (Fsp3) is 0.636. The second-order valence-corrected chi connectivity index (χ2v) is 4.71. The lowest BCUT2D eigenvalue weighted by Gasteiger charge is -2.29. The lowest BCUT2D eigenvalue weighted by atomic mass is 9.77. The lowest BCUT2D eigenvalue weighted by molar-refractivity contribution is 0.0975. The van der Waals surface area contributed by atoms with E-state index < -0.39 is 0 Å². The molecule has 0 aromatic carbocycles. The van der Waals surface area contributed by atoms with E-state index in [0.717, 1.165) is 17.9 Å². The molecule has 0 radical (unpaired) electrons. The average molecular weight is 180 g/mol. The highest BCUT2D eigenvalue weighted by molar-refractivity contribution is 5.27. The van der Waals surface area contributed by atoms with Crippen LogP contribution in [-0.4, -0.2) is 6.79 Å². The van der Waals surface area contributed by atoms with Crippen LogP contribution in [0.2, 0.25) is 0 Å². The maximum absolute atomic E-state index is 5.35. The molecule has 0 spiro atoms. The number of ether oxygens (including phenoxy) is 2. The Morgan fingerprint density at radius 2 is 1.92 bits per heavy atom. The Kier molecular flexibility index (Phi) is 1.86. The van der Waals surface area contributed by atoms with E-state index in [1.54, 1.807) is 0 Å². The van der Waals surface area contributed by atoms with Crippen LogP contribution in [-0.2, 0) is 9.47 Å². The van der Waals surface area contributed by atoms with Crippen LogP contribution in [0.1, 0.15) is 27.2 Å². The van der Waals surface area contributed by atoms with E-state index >= 15 is 0 Å². The first-order valence-corrected chi connectivity index (χ1v) is 4.75. The van der Waals surface area contributed by atoms with Gasteiger partial charge in [-0.1, -0.05) is 20.8 Å². The van der Waals surface area contributed by atoms with Crippen LogP contribution < -0.4 is 0 Å². The summed E-state index contributed by atoms with van der Waals surface area (Å²) in [5.74, 6) is 2.43. The number of hydrogen-bond acceptors (Lipinski definition) is 2. The molecule has 1 saturated heterocycles. The molecule has 1 unspecified atom stereocenters. The second-order valence-electron chi connectivity index (χ2n) is 4.71. The Labute approximate surface area is 79.2 Å². The number of allylic oxidation sites excluding steroid dienone is 2. The van der Waals surface area contributed by atoms with E-state index in [9.17, 15) is 0 Å². The molecule has 0 N–H and O–H groups in total. The van der Waals surface area contributed by atoms with Crippen LogP contribution in [0.25, 0.3) is 0 Å². The zero-order chi connectivity index (χ0) is 9.47. The predicted octanol–water partition coefficient (Wildman–Crippen LogP) is 2.82. The molecule has 0 aromatic rings. The largest absolute Gasteiger partial charge is 0.454 e. The van der Waals surface area contributed by atoms with Crippen LogP contribution in [0.4, 0.5) is 0 Å². The van der Waals surface area contributed by atoms with Gasteiger partial charge >= 0.3 is 0 Å². The standard InChI is InChI=1S/C11H16O2/c1-11(2,3)8-4-5-9-10(6-8)13-7-12-9/h5-6,8H,4,7H2,1-3H3. The zero-order valence-corrected chi connectivity index (χ0v) is 8.46. The molecular formula is C11H16O2. The summed E-state index contributed by atoms with van der Waals surface area (Å²) in [4.78, 5) is 0. The first-order chi connectivity index (χ1) is 6.07. The van der Waals surface area contributed by atoms with Gasteiger partial charge in [0, 0.05) is 0 Å². The minimum absolute atomic E-state index is 0.307. The minimum Gasteiger partial charge on any atom is -0.454 e. The van der Waals surface area contributed by atoms with Crippen molar-refractivity contribution in [1.29, 1.82) is 0 Å². The van der Waals surface area contributed by atoms with Gasteiger partial charge in [0.1, 0.15) is 0 Å². The molecule has 1 aliphatic carbocycles. The van der Waals surface area contributed by atoms with E-state index in [0.29, 0.717) is 18.1 Å². The number of fused-ring (bicyclic) bond motifs is 1. The lowest BCUT2D eigenvalue weighted by Crippen LogP contribution is -2.20. The van der Waals surface area contributed by atoms with Gasteiger partial charge in [0.15, 0.2) is 11.5 Å². The van der Waals surface area contributed by atoms with Gasteiger partial charge in [-0.25, -0.2) is 0 Å². The van der Waals surface area contributed by atoms with Gasteiger partial charge in [-0.3, -0.25) is 0 Å². The summed E-state index contributed by atoms with van der Waals surface area (Å²) in [5.41, 5.74) is 0.307. The highest BCUT2D eigenvalue weighted by Gasteiger charge is 2.29. The van der Waals surface area contributed by atoms with Crippen molar-refractivity contribution in [2.24, 2.45) is 11.3 Å². The zero-order valence-electron chi connectivity index (χ0n) is 8.46. The Balaban J connectivity index is 2.19. The molecule has 2 heteroatoms. The van der Waals surface area contributed by atoms with E-state index in [-0.39, 0.29) is 0 Å². The summed E-state index contributed by atoms with van der Waals surface area (Å²) in [7, 11) is 0. The van der Waals surface area contributed by atoms with Gasteiger partial charge in [-0.2, -0.15) is 0 Å². The molecule has 1 aliphatic heterocycles. The third-order valence-electron chi connectivity index (χ3n) is 2.69. The second kappa shape index (κ2) is 2.79. The molecule has 72 valence electrons. The summed E-state index contributed by atoms with van der Waals surface area (Å²) in [6.07, 6.45) is 5.40. The Morgan fingerprint density at radius 3 is 2.62 bits per heavy atom. The highest BCUT2D eigenvalue weighted by Crippen LogP contribution is 2.37. The van der Waals surface area contributed by atoms with Gasteiger partial charge < -0.3 is 9.47 Å². The molecule has 1 fully saturated rings. The SMILES string of the molecule is CC(C)(C)C1C=C2OCOC2=CC1. The molecule has 0 aromatic heterocycles. The first kappa shape index (κ1) is 8.67. The van der Waals surface area contributed by atoms with Crippen LogP contribution in [0.5, 0.6) is 0 Å². The Bertz CT molecular complexity index is 268. The van der Waals surface area contributed by atoms with Crippen molar-refractivity contribution in [3.8, 4) is 0 Å². The fourth-order valence-corrected chi connectivity index (χ4v) is 1.68. The van der Waals surface area contributed by atoms with Crippen molar-refractivity contribution in [1.82, 2.24) is 0 Å². The number of rotatable bonds is 0. The summed E-state index contributed by atoms with van der Waals surface area (Å²) in [6.45, 7) is 7.14. The van der Waals surface area contributed by atoms with Crippen molar-refractivity contribution >= 4 is 0 Å². The van der Waals surface area contributed by atoms with Gasteiger partial charge in [-0.15, -0.1) is 0 Å². The Morgan fingerprint density at radius 1 is 1.23 bits per heavy atom. The molecule has 13 heavy (non-hydrogen) atoms. The third kappa shape index (κ3) is 1.58. The maximum atomic E-state index is 5.35. The van der Waals surface area contributed by atoms with Crippen molar-refractivity contribution < 1.29 is 9.47 Å². The molecule has 0 saturated carbocycles. The molecular weight excluding hydrogens is 164 g/mol. The van der Waals surface area contributed by atoms with E-state index in [2.05, 4.69) is 32.9 Å². The first-order valence-electron chi connectivity index (χ1n) is 4.75. The average Bonchev–Trinajstić information content (AvgIpc) is 2.47. The topological polar surface area (TPSA) is 18.5 Å². The van der Waals surface area contributed by atoms with Crippen molar-refractivity contribution in [2.75, 3.05) is 6.79 Å². The van der Waals surface area contributed by atoms with Gasteiger partial charge in [0.05, 0.1) is 0 Å². The third-order valence-corrected chi connectivity index (χ3v) is 2.69. The summed E-state index contributed by atoms with van der Waals surface area (Å²) >= 11 is 0. The van der Waals surface area contributed by atoms with Crippen LogP contribution >= 0.6 is 0 Å². The van der Waals surface area contributed by atoms with Gasteiger partial charge in [0.2, 0.25) is 6.79 Å². The van der Waals surface area contributed by atoms with Crippen LogP contribution in [0.15, 0.2) is 23.7 Å². The normalized spacial score (nSPS) is 26.8. The van der Waals surface area contributed by atoms with E-state index in [1.807, 2.05) is 0 Å². The smallest absolute Gasteiger partial charge is 0.231 e. The molecule has 1 atom stereocenters. The molecule has 2 aliphatic rings. The van der Waals surface area contributed by atoms with Crippen molar-refractivity contribution in [2.45, 2.75) is 27.2 Å². The maximum Gasteiger partial charge on any atom is 0.231 e. The predicted molar refractivity (Wildman–Crippen MR) is 50.8 cm³/mol. The van der Waals surface area contributed by atoms with Gasteiger partial charge in [0.25, 0.3) is 0 Å². The van der Waals surface area contributed by atoms with Crippen molar-refractivity contribution in [3.63, 3.8) is 0 Å². The van der Waals surface area contributed by atoms with Gasteiger partial charge in [-0.05, 0) is 29.9 Å². The summed E-state index contributed by atoms with van der Waals surface area (Å²) in [5, 5.41) is 0. The molecule has 0 bridgehead atoms. The molecule has 2 rings (SSSR count). The van der Waals surface area contributed by atoms with Crippen molar-refractivity contribution in [3.05, 3.63) is 23.7 Å². The quantitative estimate of drug-likeness (QED) is 0.570. The Hall–Kier alpha value is -0.920. The molecule has 1 heterocycles. The summed E-state index contributed by atoms with van der Waals surface area (Å²) < 4.78 is 10.6. The fourth-order valence-electron chi connectivity index (χ4n) is 1.68. The minimum atomic E-state index is 0.307. The van der Waals surface area contributed by atoms with Crippen LogP contribution in [0, 0.1) is 11.3 Å². The van der Waals surface area contributed by atoms with E-state index in [4.69, 9.17) is 9.47 Å². The summed E-state index contributed by atoms with van der Waals surface area (Å²) in [6, 6.07) is 0. The van der Waals surface area contributed by atoms with Crippen LogP contribution in [0.3, 0.4) is 0 Å². The molecule has 0 amide bonds.